The van der Waals surface area contributed by atoms with Crippen LogP contribution in [0, 0.1) is 22.7 Å². The number of aliphatic hydroxyl groups is 4. The molecule has 0 unspecified atom stereocenters. The van der Waals surface area contributed by atoms with Crippen molar-refractivity contribution in [3.63, 3.8) is 0 Å². The highest BCUT2D eigenvalue weighted by Crippen LogP contribution is 2.40. The summed E-state index contributed by atoms with van der Waals surface area (Å²) in [6.45, 7) is -0.590. The number of nitriles is 2. The Hall–Kier alpha value is -2.90. The number of thioether (sulfide) groups is 1. The van der Waals surface area contributed by atoms with E-state index in [1.165, 1.54) is 7.11 Å². The van der Waals surface area contributed by atoms with Gasteiger partial charge in [0.15, 0.2) is 0 Å². The van der Waals surface area contributed by atoms with E-state index >= 15 is 0 Å². The van der Waals surface area contributed by atoms with E-state index in [0.29, 0.717) is 11.3 Å². The van der Waals surface area contributed by atoms with Gasteiger partial charge in [-0.1, -0.05) is 23.9 Å². The molecule has 0 aliphatic carbocycles. The lowest BCUT2D eigenvalue weighted by atomic mass is 9.97. The molecule has 5 atom stereocenters. The molecule has 1 fully saturated rings. The molecule has 1 aromatic heterocycles. The van der Waals surface area contributed by atoms with Gasteiger partial charge in [0, 0.05) is 5.56 Å². The zero-order valence-electron chi connectivity index (χ0n) is 16.3. The van der Waals surface area contributed by atoms with Crippen LogP contribution in [-0.4, -0.2) is 69.0 Å². The molecule has 0 bridgehead atoms. The van der Waals surface area contributed by atoms with Crippen molar-refractivity contribution in [2.24, 2.45) is 0 Å². The molecule has 1 aromatic carbocycles. The molecular formula is C20H20N4O6S. The van der Waals surface area contributed by atoms with Gasteiger partial charge in [0.25, 0.3) is 0 Å². The molecule has 1 aliphatic heterocycles. The topological polar surface area (TPSA) is 186 Å². The van der Waals surface area contributed by atoms with E-state index in [-0.39, 0.29) is 27.5 Å². The molecule has 2 aromatic rings. The minimum atomic E-state index is -1.58. The summed E-state index contributed by atoms with van der Waals surface area (Å²) in [6.07, 6.45) is -5.73. The molecule has 31 heavy (non-hydrogen) atoms. The molecule has 162 valence electrons. The van der Waals surface area contributed by atoms with Gasteiger partial charge in [0.2, 0.25) is 0 Å². The van der Waals surface area contributed by atoms with Crippen molar-refractivity contribution in [3.05, 3.63) is 35.4 Å². The van der Waals surface area contributed by atoms with E-state index in [1.807, 2.05) is 12.1 Å². The lowest BCUT2D eigenvalue weighted by molar-refractivity contribution is -0.205. The Bertz CT molecular complexity index is 1030. The third kappa shape index (κ3) is 4.29. The molecule has 0 radical (unpaired) electrons. The van der Waals surface area contributed by atoms with Crippen LogP contribution in [0.25, 0.3) is 11.1 Å². The highest BCUT2D eigenvalue weighted by atomic mass is 32.2. The lowest BCUT2D eigenvalue weighted by Gasteiger charge is -2.39. The number of nitrogen functional groups attached to an aromatic ring is 1. The summed E-state index contributed by atoms with van der Waals surface area (Å²) in [7, 11) is 1.51. The molecule has 6 N–H and O–H groups in total. The van der Waals surface area contributed by atoms with E-state index in [4.69, 9.17) is 15.2 Å². The number of nitrogens with two attached hydrogens (primary N) is 1. The van der Waals surface area contributed by atoms with E-state index < -0.39 is 36.5 Å². The number of hydrogen-bond donors (Lipinski definition) is 5. The number of pyridine rings is 1. The number of ether oxygens (including phenoxy) is 2. The summed E-state index contributed by atoms with van der Waals surface area (Å²) in [5, 5.41) is 59.2. The van der Waals surface area contributed by atoms with Crippen LogP contribution < -0.4 is 10.5 Å². The van der Waals surface area contributed by atoms with E-state index in [2.05, 4.69) is 4.98 Å². The van der Waals surface area contributed by atoms with Gasteiger partial charge in [-0.2, -0.15) is 10.5 Å². The lowest BCUT2D eigenvalue weighted by Crippen LogP contribution is -2.57. The second-order valence-corrected chi connectivity index (χ2v) is 7.78. The van der Waals surface area contributed by atoms with Crippen LogP contribution in [0.2, 0.25) is 0 Å². The fraction of sp³-hybridized carbons (Fsp3) is 0.350. The second kappa shape index (κ2) is 9.49. The van der Waals surface area contributed by atoms with Gasteiger partial charge in [0.05, 0.1) is 19.3 Å². The van der Waals surface area contributed by atoms with Crippen molar-refractivity contribution < 1.29 is 29.9 Å². The van der Waals surface area contributed by atoms with Crippen molar-refractivity contribution in [2.45, 2.75) is 34.9 Å². The normalized spacial score (nSPS) is 25.5. The van der Waals surface area contributed by atoms with Gasteiger partial charge in [0.1, 0.15) is 64.1 Å². The molecule has 0 saturated carbocycles. The Morgan fingerprint density at radius 3 is 2.29 bits per heavy atom. The Morgan fingerprint density at radius 1 is 1.10 bits per heavy atom. The van der Waals surface area contributed by atoms with Crippen molar-refractivity contribution >= 4 is 17.6 Å². The first kappa shape index (κ1) is 22.8. The van der Waals surface area contributed by atoms with Gasteiger partial charge in [-0.25, -0.2) is 4.98 Å². The third-order valence-corrected chi connectivity index (χ3v) is 6.01. The van der Waals surface area contributed by atoms with Crippen molar-refractivity contribution in [1.29, 1.82) is 10.5 Å². The molecule has 0 amide bonds. The van der Waals surface area contributed by atoms with Crippen molar-refractivity contribution in [2.75, 3.05) is 19.5 Å². The summed E-state index contributed by atoms with van der Waals surface area (Å²) in [5.74, 6) is 0.457. The Morgan fingerprint density at radius 2 is 1.74 bits per heavy atom. The zero-order chi connectivity index (χ0) is 22.7. The number of anilines is 1. The van der Waals surface area contributed by atoms with Crippen LogP contribution in [-0.2, 0) is 4.74 Å². The SMILES string of the molecule is COc1ccc(-c2c(C#N)c(N)nc(S[C@@H]3O[C@H](CO)[C@H](O)[C@H](O)[C@H]3O)c2C#N)cc1. The number of hydrogen-bond acceptors (Lipinski definition) is 11. The van der Waals surface area contributed by atoms with Gasteiger partial charge < -0.3 is 35.6 Å². The van der Waals surface area contributed by atoms with Crippen LogP contribution in [0.5, 0.6) is 5.75 Å². The van der Waals surface area contributed by atoms with Crippen LogP contribution in [0.15, 0.2) is 29.3 Å². The van der Waals surface area contributed by atoms with Gasteiger partial charge in [-0.15, -0.1) is 0 Å². The minimum absolute atomic E-state index is 0.0138. The monoisotopic (exact) mass is 444 g/mol. The van der Waals surface area contributed by atoms with Gasteiger partial charge >= 0.3 is 0 Å². The molecular weight excluding hydrogens is 424 g/mol. The van der Waals surface area contributed by atoms with Crippen molar-refractivity contribution in [3.8, 4) is 29.0 Å². The standard InChI is InChI=1S/C20H20N4O6S/c1-29-10-4-2-9(3-5-10)14-11(6-21)18(23)24-19(12(14)7-22)31-20-17(28)16(27)15(26)13(8-25)30-20/h2-5,13,15-17,20,25-28H,8H2,1H3,(H2,23,24)/t13-,15+,16+,17-,20+/m1/s1. The number of aromatic nitrogens is 1. The van der Waals surface area contributed by atoms with Gasteiger partial charge in [-0.3, -0.25) is 0 Å². The molecule has 3 rings (SSSR count). The Kier molecular flexibility index (Phi) is 6.97. The third-order valence-electron chi connectivity index (χ3n) is 4.87. The van der Waals surface area contributed by atoms with Crippen LogP contribution in [0.3, 0.4) is 0 Å². The second-order valence-electron chi connectivity index (χ2n) is 6.69. The maximum absolute atomic E-state index is 10.3. The number of nitrogens with zero attached hydrogens (tertiary/aromatic N) is 3. The van der Waals surface area contributed by atoms with Gasteiger partial charge in [-0.05, 0) is 17.7 Å². The fourth-order valence-corrected chi connectivity index (χ4v) is 4.34. The summed E-state index contributed by atoms with van der Waals surface area (Å²) >= 11 is 0.796. The summed E-state index contributed by atoms with van der Waals surface area (Å²) < 4.78 is 10.6. The smallest absolute Gasteiger partial charge is 0.143 e. The molecule has 10 nitrogen and oxygen atoms in total. The van der Waals surface area contributed by atoms with Crippen LogP contribution in [0.1, 0.15) is 11.1 Å². The average Bonchev–Trinajstić information content (AvgIpc) is 2.79. The number of benzene rings is 1. The summed E-state index contributed by atoms with van der Waals surface area (Å²) in [6, 6.07) is 10.7. The molecule has 2 heterocycles. The average molecular weight is 444 g/mol. The van der Waals surface area contributed by atoms with Crippen LogP contribution >= 0.6 is 11.8 Å². The maximum atomic E-state index is 10.3. The van der Waals surface area contributed by atoms with Crippen molar-refractivity contribution in [1.82, 2.24) is 4.98 Å². The zero-order valence-corrected chi connectivity index (χ0v) is 17.2. The molecule has 1 saturated heterocycles. The predicted octanol–water partition coefficient (Wildman–Crippen LogP) is -0.0252. The molecule has 11 heteroatoms. The number of methoxy groups -OCH3 is 1. The van der Waals surface area contributed by atoms with E-state index in [1.54, 1.807) is 24.3 Å². The first-order chi connectivity index (χ1) is 14.9. The predicted molar refractivity (Wildman–Crippen MR) is 110 cm³/mol. The summed E-state index contributed by atoms with van der Waals surface area (Å²) in [4.78, 5) is 4.13. The summed E-state index contributed by atoms with van der Waals surface area (Å²) in [5.41, 5.74) is 5.64. The minimum Gasteiger partial charge on any atom is -0.497 e. The quantitative estimate of drug-likeness (QED) is 0.417. The first-order valence-corrected chi connectivity index (χ1v) is 9.99. The molecule has 1 aliphatic rings. The number of rotatable bonds is 5. The largest absolute Gasteiger partial charge is 0.497 e. The van der Waals surface area contributed by atoms with Crippen LogP contribution in [0.4, 0.5) is 5.82 Å². The Labute approximate surface area is 182 Å². The Balaban J connectivity index is 2.08. The highest BCUT2D eigenvalue weighted by molar-refractivity contribution is 7.99. The fourth-order valence-electron chi connectivity index (χ4n) is 3.20. The van der Waals surface area contributed by atoms with E-state index in [9.17, 15) is 30.9 Å². The first-order valence-electron chi connectivity index (χ1n) is 9.11. The molecule has 0 spiro atoms. The maximum Gasteiger partial charge on any atom is 0.143 e. The highest BCUT2D eigenvalue weighted by Gasteiger charge is 2.44. The van der Waals surface area contributed by atoms with E-state index in [0.717, 1.165) is 11.8 Å². The number of aliphatic hydroxyl groups excluding tert-OH is 4.